The van der Waals surface area contributed by atoms with Gasteiger partial charge in [0.2, 0.25) is 0 Å². The van der Waals surface area contributed by atoms with Gasteiger partial charge in [-0.2, -0.15) is 0 Å². The van der Waals surface area contributed by atoms with Gasteiger partial charge in [0, 0.05) is 0 Å². The summed E-state index contributed by atoms with van der Waals surface area (Å²) in [5.41, 5.74) is 1.90. The fourth-order valence-corrected chi connectivity index (χ4v) is 3.46. The van der Waals surface area contributed by atoms with Crippen molar-refractivity contribution in [1.82, 2.24) is 4.90 Å². The number of likely N-dealkylation sites (tertiary alicyclic amines) is 1. The van der Waals surface area contributed by atoms with Crippen LogP contribution in [0.25, 0.3) is 0 Å². The summed E-state index contributed by atoms with van der Waals surface area (Å²) >= 11 is 0. The SMILES string of the molecule is COC(=O)C1CCN(C(c2ccc(F)cc2)c2ccc(F)cc2)CC1. The van der Waals surface area contributed by atoms with Gasteiger partial charge in [0.05, 0.1) is 19.1 Å². The molecule has 0 aliphatic carbocycles. The number of piperidine rings is 1. The highest BCUT2D eigenvalue weighted by Gasteiger charge is 2.30. The first-order valence-corrected chi connectivity index (χ1v) is 8.41. The quantitative estimate of drug-likeness (QED) is 0.786. The maximum Gasteiger partial charge on any atom is 0.308 e. The molecule has 1 heterocycles. The maximum atomic E-state index is 13.3. The van der Waals surface area contributed by atoms with Gasteiger partial charge in [0.15, 0.2) is 0 Å². The molecular weight excluding hydrogens is 324 g/mol. The minimum Gasteiger partial charge on any atom is -0.469 e. The van der Waals surface area contributed by atoms with Crippen molar-refractivity contribution in [2.75, 3.05) is 20.2 Å². The third-order valence-corrected chi connectivity index (χ3v) is 4.80. The second-order valence-corrected chi connectivity index (χ2v) is 6.34. The van der Waals surface area contributed by atoms with Gasteiger partial charge >= 0.3 is 5.97 Å². The first-order valence-electron chi connectivity index (χ1n) is 8.41. The van der Waals surface area contributed by atoms with Gasteiger partial charge in [-0.25, -0.2) is 8.78 Å². The van der Waals surface area contributed by atoms with E-state index in [-0.39, 0.29) is 29.6 Å². The highest BCUT2D eigenvalue weighted by atomic mass is 19.1. The van der Waals surface area contributed by atoms with E-state index in [4.69, 9.17) is 4.74 Å². The van der Waals surface area contributed by atoms with Crippen LogP contribution in [-0.2, 0) is 9.53 Å². The fourth-order valence-electron chi connectivity index (χ4n) is 3.46. The number of methoxy groups -OCH3 is 1. The van der Waals surface area contributed by atoms with Crippen molar-refractivity contribution in [2.45, 2.75) is 18.9 Å². The Kier molecular flexibility index (Phi) is 5.43. The molecular formula is C20H21F2NO2. The smallest absolute Gasteiger partial charge is 0.308 e. The molecule has 0 radical (unpaired) electrons. The summed E-state index contributed by atoms with van der Waals surface area (Å²) in [7, 11) is 1.41. The second-order valence-electron chi connectivity index (χ2n) is 6.34. The van der Waals surface area contributed by atoms with Gasteiger partial charge in [-0.15, -0.1) is 0 Å². The Morgan fingerprint density at radius 2 is 1.40 bits per heavy atom. The van der Waals surface area contributed by atoms with Gasteiger partial charge in [-0.05, 0) is 61.3 Å². The average Bonchev–Trinajstić information content (AvgIpc) is 2.65. The van der Waals surface area contributed by atoms with Crippen LogP contribution in [-0.4, -0.2) is 31.1 Å². The topological polar surface area (TPSA) is 29.5 Å². The van der Waals surface area contributed by atoms with Crippen LogP contribution in [0.4, 0.5) is 8.78 Å². The zero-order chi connectivity index (χ0) is 17.8. The average molecular weight is 345 g/mol. The first kappa shape index (κ1) is 17.5. The summed E-state index contributed by atoms with van der Waals surface area (Å²) in [6.45, 7) is 1.44. The number of hydrogen-bond acceptors (Lipinski definition) is 3. The molecule has 0 saturated carbocycles. The van der Waals surface area contributed by atoms with Crippen LogP contribution in [0.2, 0.25) is 0 Å². The van der Waals surface area contributed by atoms with E-state index in [2.05, 4.69) is 4.90 Å². The van der Waals surface area contributed by atoms with Gasteiger partial charge in [0.1, 0.15) is 11.6 Å². The lowest BCUT2D eigenvalue weighted by atomic mass is 9.91. The van der Waals surface area contributed by atoms with Gasteiger partial charge in [0.25, 0.3) is 0 Å². The summed E-state index contributed by atoms with van der Waals surface area (Å²) in [6.07, 6.45) is 1.43. The van der Waals surface area contributed by atoms with Gasteiger partial charge in [-0.3, -0.25) is 9.69 Å². The monoisotopic (exact) mass is 345 g/mol. The van der Waals surface area contributed by atoms with Crippen molar-refractivity contribution in [3.8, 4) is 0 Å². The van der Waals surface area contributed by atoms with Gasteiger partial charge in [-0.1, -0.05) is 24.3 Å². The Balaban J connectivity index is 1.86. The van der Waals surface area contributed by atoms with Crippen LogP contribution < -0.4 is 0 Å². The molecule has 3 nitrogen and oxygen atoms in total. The number of carbonyl (C=O) groups excluding carboxylic acids is 1. The Morgan fingerprint density at radius 3 is 1.80 bits per heavy atom. The van der Waals surface area contributed by atoms with Crippen LogP contribution in [0, 0.1) is 17.6 Å². The summed E-state index contributed by atoms with van der Waals surface area (Å²) in [5.74, 6) is -0.819. The lowest BCUT2D eigenvalue weighted by Crippen LogP contribution is -2.39. The lowest BCUT2D eigenvalue weighted by Gasteiger charge is -2.37. The largest absolute Gasteiger partial charge is 0.469 e. The zero-order valence-corrected chi connectivity index (χ0v) is 14.1. The molecule has 1 fully saturated rings. The summed E-state index contributed by atoms with van der Waals surface area (Å²) in [6, 6.07) is 12.7. The molecule has 3 rings (SSSR count). The molecule has 2 aromatic carbocycles. The summed E-state index contributed by atoms with van der Waals surface area (Å²) in [5, 5.41) is 0. The molecule has 0 amide bonds. The van der Waals surface area contributed by atoms with Crippen molar-refractivity contribution in [3.63, 3.8) is 0 Å². The normalized spacial score (nSPS) is 16.2. The number of hydrogen-bond donors (Lipinski definition) is 0. The van der Waals surface area contributed by atoms with Crippen molar-refractivity contribution in [1.29, 1.82) is 0 Å². The molecule has 0 spiro atoms. The van der Waals surface area contributed by atoms with E-state index >= 15 is 0 Å². The van der Waals surface area contributed by atoms with E-state index in [1.54, 1.807) is 24.3 Å². The molecule has 1 aliphatic rings. The number of carbonyl (C=O) groups is 1. The van der Waals surface area contributed by atoms with Crippen molar-refractivity contribution in [3.05, 3.63) is 71.3 Å². The van der Waals surface area contributed by atoms with Crippen molar-refractivity contribution >= 4 is 5.97 Å². The molecule has 0 unspecified atom stereocenters. The highest BCUT2D eigenvalue weighted by molar-refractivity contribution is 5.72. The summed E-state index contributed by atoms with van der Waals surface area (Å²) < 4.78 is 31.5. The van der Waals surface area contributed by atoms with Crippen molar-refractivity contribution < 1.29 is 18.3 Å². The Bertz CT molecular complexity index is 662. The van der Waals surface area contributed by atoms with E-state index < -0.39 is 0 Å². The van der Waals surface area contributed by atoms with Crippen molar-refractivity contribution in [2.24, 2.45) is 5.92 Å². The highest BCUT2D eigenvalue weighted by Crippen LogP contribution is 2.33. The molecule has 0 bridgehead atoms. The number of nitrogens with zero attached hydrogens (tertiary/aromatic N) is 1. The van der Waals surface area contributed by atoms with Gasteiger partial charge < -0.3 is 4.74 Å². The molecule has 0 aromatic heterocycles. The lowest BCUT2D eigenvalue weighted by molar-refractivity contribution is -0.147. The standard InChI is InChI=1S/C20H21F2NO2/c1-25-20(24)16-10-12-23(13-11-16)19(14-2-6-17(21)7-3-14)15-4-8-18(22)9-5-15/h2-9,16,19H,10-13H2,1H3. The van der Waals surface area contributed by atoms with E-state index in [1.807, 2.05) is 0 Å². The molecule has 5 heteroatoms. The molecule has 0 atom stereocenters. The Hall–Kier alpha value is -2.27. The minimum absolute atomic E-state index is 0.0802. The Labute approximate surface area is 146 Å². The summed E-state index contributed by atoms with van der Waals surface area (Å²) in [4.78, 5) is 14.0. The number of esters is 1. The second kappa shape index (κ2) is 7.74. The molecule has 1 aliphatic heterocycles. The van der Waals surface area contributed by atoms with Crippen LogP contribution in [0.5, 0.6) is 0 Å². The predicted octanol–water partition coefficient (Wildman–Crippen LogP) is 3.94. The minimum atomic E-state index is -0.286. The fraction of sp³-hybridized carbons (Fsp3) is 0.350. The number of rotatable bonds is 4. The van der Waals surface area contributed by atoms with E-state index in [9.17, 15) is 13.6 Å². The van der Waals surface area contributed by atoms with Crippen LogP contribution in [0.1, 0.15) is 30.0 Å². The number of halogens is 2. The van der Waals surface area contributed by atoms with Crippen LogP contribution in [0.15, 0.2) is 48.5 Å². The molecule has 1 saturated heterocycles. The van der Waals surface area contributed by atoms with E-state index in [0.29, 0.717) is 12.8 Å². The predicted molar refractivity (Wildman–Crippen MR) is 91.0 cm³/mol. The zero-order valence-electron chi connectivity index (χ0n) is 14.1. The molecule has 25 heavy (non-hydrogen) atoms. The third kappa shape index (κ3) is 4.04. The van der Waals surface area contributed by atoms with E-state index in [0.717, 1.165) is 24.2 Å². The van der Waals surface area contributed by atoms with Crippen LogP contribution >= 0.6 is 0 Å². The number of benzene rings is 2. The van der Waals surface area contributed by atoms with E-state index in [1.165, 1.54) is 31.4 Å². The first-order chi connectivity index (χ1) is 12.1. The number of ether oxygens (including phenoxy) is 1. The molecule has 2 aromatic rings. The maximum absolute atomic E-state index is 13.3. The third-order valence-electron chi connectivity index (χ3n) is 4.80. The molecule has 132 valence electrons. The van der Waals surface area contributed by atoms with Crippen LogP contribution in [0.3, 0.4) is 0 Å². The Morgan fingerprint density at radius 1 is 0.960 bits per heavy atom. The molecule has 0 N–H and O–H groups in total.